The molecule has 0 amide bonds. The molecule has 0 aromatic heterocycles. The minimum Gasteiger partial charge on any atom is -1.00 e. The molecule has 0 rings (SSSR count). The Kier molecular flexibility index (Phi) is 29.1. The minimum absolute atomic E-state index is 0. The molecule has 0 unspecified atom stereocenters. The van der Waals surface area contributed by atoms with Crippen LogP contribution in [0.5, 0.6) is 0 Å². The fraction of sp³-hybridized carbons (Fsp3) is 0.818. The van der Waals surface area contributed by atoms with Crippen LogP contribution < -0.4 is 29.6 Å². The van der Waals surface area contributed by atoms with Gasteiger partial charge >= 0.3 is 29.6 Å². The van der Waals surface area contributed by atoms with E-state index in [1.54, 1.807) is 0 Å². The van der Waals surface area contributed by atoms with Crippen LogP contribution in [0, 0.1) is 0 Å². The molecule has 0 heterocycles. The van der Waals surface area contributed by atoms with Gasteiger partial charge in [-0.15, -0.1) is 0 Å². The second kappa shape index (κ2) is 22.5. The first-order valence-electron chi connectivity index (χ1n) is 9.95. The van der Waals surface area contributed by atoms with Gasteiger partial charge in [-0.05, 0) is 53.4 Å². The number of aliphatic hydroxyl groups is 3. The van der Waals surface area contributed by atoms with Crippen LogP contribution in [0.2, 0.25) is 0 Å². The zero-order valence-electron chi connectivity index (χ0n) is 20.9. The molecule has 0 fully saturated rings. The van der Waals surface area contributed by atoms with Gasteiger partial charge < -0.3 is 21.5 Å². The summed E-state index contributed by atoms with van der Waals surface area (Å²) in [7, 11) is 0. The van der Waals surface area contributed by atoms with Crippen LogP contribution in [0.1, 0.15) is 82.5 Å². The first kappa shape index (κ1) is 36.2. The average molecular weight is 478 g/mol. The molecule has 0 aliphatic heterocycles. The van der Waals surface area contributed by atoms with Crippen LogP contribution in [-0.4, -0.2) is 51.7 Å². The summed E-state index contributed by atoms with van der Waals surface area (Å²) in [6, 6.07) is 0. The molecule has 4 nitrogen and oxygen atoms in total. The Bertz CT molecular complexity index is 380. The number of aliphatic hydroxyl groups excluding tert-OH is 1. The van der Waals surface area contributed by atoms with Crippen LogP contribution in [0.15, 0.2) is 23.3 Å². The Hall–Kier alpha value is 0.800. The third kappa shape index (κ3) is 24.8. The molecule has 0 bridgehead atoms. The topological polar surface area (TPSA) is 69.9 Å². The van der Waals surface area contributed by atoms with Crippen LogP contribution in [0.25, 0.3) is 0 Å². The van der Waals surface area contributed by atoms with Gasteiger partial charge in [-0.3, -0.25) is 0 Å². The van der Waals surface area contributed by atoms with E-state index in [0.717, 1.165) is 18.2 Å². The summed E-state index contributed by atoms with van der Waals surface area (Å²) in [6.07, 6.45) is 6.89. The van der Waals surface area contributed by atoms with Gasteiger partial charge in [0.05, 0.1) is 31.0 Å². The Morgan fingerprint density at radius 1 is 0.857 bits per heavy atom. The van der Waals surface area contributed by atoms with Gasteiger partial charge in [-0.2, -0.15) is 0 Å². The predicted octanol–water partition coefficient (Wildman–Crippen LogP) is 2.51. The number of hydrogen-bond acceptors (Lipinski definition) is 4. The summed E-state index contributed by atoms with van der Waals surface area (Å²) >= 11 is 3.27. The molecule has 0 aliphatic carbocycles. The van der Waals surface area contributed by atoms with Gasteiger partial charge in [0.15, 0.2) is 0 Å². The molecule has 0 aliphatic rings. The number of halogens is 1. The maximum absolute atomic E-state index is 9.85. The van der Waals surface area contributed by atoms with Crippen molar-refractivity contribution in [1.82, 2.24) is 0 Å². The fourth-order valence-electron chi connectivity index (χ4n) is 1.56. The van der Waals surface area contributed by atoms with Crippen molar-refractivity contribution in [3.63, 3.8) is 0 Å². The van der Waals surface area contributed by atoms with Crippen molar-refractivity contribution < 1.29 is 51.0 Å². The molecule has 0 spiro atoms. The smallest absolute Gasteiger partial charge is 1.00 e. The van der Waals surface area contributed by atoms with Crippen molar-refractivity contribution in [2.45, 2.75) is 92.3 Å². The summed E-state index contributed by atoms with van der Waals surface area (Å²) in [4.78, 5) is 0. The molecule has 28 heavy (non-hydrogen) atoms. The Morgan fingerprint density at radius 3 is 1.43 bits per heavy atom. The SMILES string of the molecule is CC(C)=CCBr.CCC(O)(CC)CO.CCC(O)(CC)COCC=C(C)C.[H-].[Na+]. The Labute approximate surface area is 206 Å². The van der Waals surface area contributed by atoms with Crippen molar-refractivity contribution in [2.24, 2.45) is 0 Å². The number of ether oxygens (including phenoxy) is 1. The molecular weight excluding hydrogens is 431 g/mol. The van der Waals surface area contributed by atoms with E-state index in [0.29, 0.717) is 26.1 Å². The minimum atomic E-state index is -0.819. The molecule has 0 radical (unpaired) electrons. The third-order valence-corrected chi connectivity index (χ3v) is 4.72. The van der Waals surface area contributed by atoms with Crippen molar-refractivity contribution >= 4 is 15.9 Å². The summed E-state index contributed by atoms with van der Waals surface area (Å²) < 4.78 is 5.36. The van der Waals surface area contributed by atoms with Gasteiger partial charge in [0.2, 0.25) is 0 Å². The molecule has 3 N–H and O–H groups in total. The van der Waals surface area contributed by atoms with E-state index in [1.807, 2.05) is 47.6 Å². The van der Waals surface area contributed by atoms with E-state index in [1.165, 1.54) is 11.1 Å². The van der Waals surface area contributed by atoms with Gasteiger partial charge in [-0.1, -0.05) is 66.9 Å². The summed E-state index contributed by atoms with van der Waals surface area (Å²) in [5.41, 5.74) is 1.17. The van der Waals surface area contributed by atoms with Crippen molar-refractivity contribution in [3.05, 3.63) is 23.3 Å². The third-order valence-electron chi connectivity index (χ3n) is 4.39. The summed E-state index contributed by atoms with van der Waals surface area (Å²) in [5, 5.41) is 28.6. The quantitative estimate of drug-likeness (QED) is 0.196. The number of rotatable bonds is 10. The van der Waals surface area contributed by atoms with E-state index in [2.05, 4.69) is 35.9 Å². The van der Waals surface area contributed by atoms with Crippen molar-refractivity contribution in [1.29, 1.82) is 0 Å². The Balaban J connectivity index is -0.000000104. The fourth-order valence-corrected chi connectivity index (χ4v) is 2.20. The van der Waals surface area contributed by atoms with Crippen LogP contribution in [0.3, 0.4) is 0 Å². The molecule has 0 saturated carbocycles. The zero-order valence-corrected chi connectivity index (χ0v) is 23.5. The zero-order chi connectivity index (χ0) is 21.9. The summed E-state index contributed by atoms with van der Waals surface area (Å²) in [5.74, 6) is 0. The monoisotopic (exact) mass is 476 g/mol. The molecule has 6 heteroatoms. The number of allylic oxidation sites excluding steroid dienone is 3. The number of alkyl halides is 1. The molecule has 0 saturated heterocycles. The van der Waals surface area contributed by atoms with Gasteiger partial charge in [0.1, 0.15) is 0 Å². The van der Waals surface area contributed by atoms with Crippen LogP contribution >= 0.6 is 15.9 Å². The maximum atomic E-state index is 9.85. The van der Waals surface area contributed by atoms with E-state index < -0.39 is 11.2 Å². The van der Waals surface area contributed by atoms with E-state index in [4.69, 9.17) is 9.84 Å². The molecule has 0 aromatic carbocycles. The van der Waals surface area contributed by atoms with Gasteiger partial charge in [0, 0.05) is 5.33 Å². The van der Waals surface area contributed by atoms with E-state index in [-0.39, 0.29) is 37.6 Å². The van der Waals surface area contributed by atoms with E-state index >= 15 is 0 Å². The Morgan fingerprint density at radius 2 is 1.25 bits per heavy atom. The molecule has 0 aromatic rings. The largest absolute Gasteiger partial charge is 1.00 e. The average Bonchev–Trinajstić information content (AvgIpc) is 2.65. The normalized spacial score (nSPS) is 10.4. The second-order valence-electron chi connectivity index (χ2n) is 7.25. The van der Waals surface area contributed by atoms with Crippen molar-refractivity contribution in [3.8, 4) is 0 Å². The summed E-state index contributed by atoms with van der Waals surface area (Å²) in [6.45, 7) is 16.8. The number of hydrogen-bond donors (Lipinski definition) is 3. The predicted molar refractivity (Wildman–Crippen MR) is 123 cm³/mol. The van der Waals surface area contributed by atoms with Crippen LogP contribution in [-0.2, 0) is 4.74 Å². The van der Waals surface area contributed by atoms with E-state index in [9.17, 15) is 10.2 Å². The molecule has 166 valence electrons. The van der Waals surface area contributed by atoms with Gasteiger partial charge in [-0.25, -0.2) is 0 Å². The first-order chi connectivity index (χ1) is 12.5. The van der Waals surface area contributed by atoms with Crippen molar-refractivity contribution in [2.75, 3.05) is 25.2 Å². The second-order valence-corrected chi connectivity index (χ2v) is 7.90. The molecule has 0 atom stereocenters. The maximum Gasteiger partial charge on any atom is 1.00 e. The standard InChI is InChI=1S/C11H22O2.C6H14O2.C5H9Br.Na.H/c1-5-11(12,6-2)9-13-8-7-10(3)4;1-3-6(8,4-2)5-7;1-5(2)3-4-6;;/h7,12H,5-6,8-9H2,1-4H3;7-8H,3-5H2,1-2H3;3H,4H2,1-2H3;;/q;;;+1;-1. The first-order valence-corrected chi connectivity index (χ1v) is 11.1. The molecular formula is C22H46BrNaO4. The van der Waals surface area contributed by atoms with Gasteiger partial charge in [0.25, 0.3) is 0 Å². The van der Waals surface area contributed by atoms with Crippen LogP contribution in [0.4, 0.5) is 0 Å².